The highest BCUT2D eigenvalue weighted by atomic mass is 19.1. The maximum absolute atomic E-state index is 13.8. The van der Waals surface area contributed by atoms with E-state index in [0.29, 0.717) is 17.0 Å². The number of imidazole rings is 1. The molecule has 0 spiro atoms. The molecule has 5 nitrogen and oxygen atoms in total. The Morgan fingerprint density at radius 1 is 1.14 bits per heavy atom. The minimum Gasteiger partial charge on any atom is -0.338 e. The summed E-state index contributed by atoms with van der Waals surface area (Å²) in [4.78, 5) is 22.1. The Morgan fingerprint density at radius 2 is 1.96 bits per heavy atom. The van der Waals surface area contributed by atoms with Crippen LogP contribution in [0.1, 0.15) is 33.5 Å². The van der Waals surface area contributed by atoms with Crippen molar-refractivity contribution in [1.82, 2.24) is 19.9 Å². The first kappa shape index (κ1) is 17.9. The van der Waals surface area contributed by atoms with Crippen molar-refractivity contribution in [2.75, 3.05) is 0 Å². The van der Waals surface area contributed by atoms with Gasteiger partial charge in [0, 0.05) is 30.5 Å². The van der Waals surface area contributed by atoms with Crippen molar-refractivity contribution < 1.29 is 9.18 Å². The predicted molar refractivity (Wildman–Crippen MR) is 105 cm³/mol. The second-order valence-electron chi connectivity index (χ2n) is 6.69. The van der Waals surface area contributed by atoms with Crippen molar-refractivity contribution in [3.63, 3.8) is 0 Å². The van der Waals surface area contributed by atoms with Crippen LogP contribution < -0.4 is 5.32 Å². The maximum Gasteiger partial charge on any atom is 0.252 e. The SMILES string of the molecule is Cc1cc(C(=O)N[C@@H](c2cccc(F)c2)c2nccn2C)c2ccccc2n1. The molecule has 0 aliphatic heterocycles. The molecule has 1 N–H and O–H groups in total. The Bertz CT molecular complexity index is 1170. The Balaban J connectivity index is 1.78. The molecule has 2 aromatic heterocycles. The Hall–Kier alpha value is -3.54. The first-order chi connectivity index (χ1) is 13.5. The molecule has 0 bridgehead atoms. The fourth-order valence-electron chi connectivity index (χ4n) is 3.34. The summed E-state index contributed by atoms with van der Waals surface area (Å²) in [5.41, 5.74) is 2.66. The lowest BCUT2D eigenvalue weighted by atomic mass is 10.0. The van der Waals surface area contributed by atoms with Crippen LogP contribution in [0.25, 0.3) is 10.9 Å². The van der Waals surface area contributed by atoms with Crippen LogP contribution in [0.4, 0.5) is 4.39 Å². The van der Waals surface area contributed by atoms with E-state index in [-0.39, 0.29) is 11.7 Å². The smallest absolute Gasteiger partial charge is 0.252 e. The van der Waals surface area contributed by atoms with Gasteiger partial charge in [0.05, 0.1) is 11.1 Å². The van der Waals surface area contributed by atoms with Gasteiger partial charge in [-0.1, -0.05) is 30.3 Å². The second kappa shape index (κ2) is 7.23. The summed E-state index contributed by atoms with van der Waals surface area (Å²) >= 11 is 0. The van der Waals surface area contributed by atoms with E-state index in [1.165, 1.54) is 12.1 Å². The molecule has 1 amide bonds. The van der Waals surface area contributed by atoms with Gasteiger partial charge in [0.2, 0.25) is 0 Å². The van der Waals surface area contributed by atoms with Crippen LogP contribution in [0.15, 0.2) is 67.0 Å². The number of nitrogens with one attached hydrogen (secondary N) is 1. The first-order valence-electron chi connectivity index (χ1n) is 8.93. The third kappa shape index (κ3) is 3.36. The van der Waals surface area contributed by atoms with Gasteiger partial charge in [-0.25, -0.2) is 9.37 Å². The summed E-state index contributed by atoms with van der Waals surface area (Å²) in [7, 11) is 1.84. The highest BCUT2D eigenvalue weighted by Gasteiger charge is 2.23. The van der Waals surface area contributed by atoms with Crippen molar-refractivity contribution in [3.05, 3.63) is 95.5 Å². The number of fused-ring (bicyclic) bond motifs is 1. The van der Waals surface area contributed by atoms with Crippen LogP contribution in [0.5, 0.6) is 0 Å². The summed E-state index contributed by atoms with van der Waals surface area (Å²) in [6, 6.07) is 14.9. The average Bonchev–Trinajstić information content (AvgIpc) is 3.10. The monoisotopic (exact) mass is 374 g/mol. The second-order valence-corrected chi connectivity index (χ2v) is 6.69. The number of hydrogen-bond acceptors (Lipinski definition) is 3. The molecule has 6 heteroatoms. The Morgan fingerprint density at radius 3 is 2.71 bits per heavy atom. The van der Waals surface area contributed by atoms with Gasteiger partial charge in [-0.2, -0.15) is 0 Å². The van der Waals surface area contributed by atoms with Crippen molar-refractivity contribution >= 4 is 16.8 Å². The number of rotatable bonds is 4. The van der Waals surface area contributed by atoms with Gasteiger partial charge < -0.3 is 9.88 Å². The fourth-order valence-corrected chi connectivity index (χ4v) is 3.34. The molecular formula is C22H19FN4O. The summed E-state index contributed by atoms with van der Waals surface area (Å²) in [5.74, 6) is -0.0100. The number of aryl methyl sites for hydroxylation is 2. The minimum atomic E-state index is -0.588. The zero-order valence-electron chi connectivity index (χ0n) is 15.6. The number of carbonyl (C=O) groups is 1. The number of pyridine rings is 1. The molecule has 0 unspecified atom stereocenters. The number of carbonyl (C=O) groups excluding carboxylic acids is 1. The van der Waals surface area contributed by atoms with Crippen LogP contribution in [0.2, 0.25) is 0 Å². The van der Waals surface area contributed by atoms with Gasteiger partial charge in [0.1, 0.15) is 17.7 Å². The van der Waals surface area contributed by atoms with Crippen LogP contribution in [-0.4, -0.2) is 20.4 Å². The van der Waals surface area contributed by atoms with Crippen LogP contribution in [0, 0.1) is 12.7 Å². The van der Waals surface area contributed by atoms with E-state index >= 15 is 0 Å². The first-order valence-corrected chi connectivity index (χ1v) is 8.93. The third-order valence-electron chi connectivity index (χ3n) is 4.66. The molecule has 28 heavy (non-hydrogen) atoms. The lowest BCUT2D eigenvalue weighted by molar-refractivity contribution is 0.0942. The van der Waals surface area contributed by atoms with Crippen molar-refractivity contribution in [1.29, 1.82) is 0 Å². The number of nitrogens with zero attached hydrogens (tertiary/aromatic N) is 3. The Labute approximate surface area is 161 Å². The summed E-state index contributed by atoms with van der Waals surface area (Å²) < 4.78 is 15.7. The van der Waals surface area contributed by atoms with Crippen molar-refractivity contribution in [2.24, 2.45) is 7.05 Å². The lowest BCUT2D eigenvalue weighted by Gasteiger charge is -2.20. The molecule has 1 atom stereocenters. The van der Waals surface area contributed by atoms with Crippen LogP contribution in [0.3, 0.4) is 0 Å². The molecular weight excluding hydrogens is 355 g/mol. The predicted octanol–water partition coefficient (Wildman–Crippen LogP) is 3.94. The molecule has 0 radical (unpaired) electrons. The molecule has 0 aliphatic carbocycles. The summed E-state index contributed by atoms with van der Waals surface area (Å²) in [5, 5.41) is 3.79. The zero-order chi connectivity index (χ0) is 19.7. The molecule has 4 rings (SSSR count). The largest absolute Gasteiger partial charge is 0.338 e. The quantitative estimate of drug-likeness (QED) is 0.589. The number of hydrogen-bond donors (Lipinski definition) is 1. The lowest BCUT2D eigenvalue weighted by Crippen LogP contribution is -2.31. The van der Waals surface area contributed by atoms with Gasteiger partial charge in [0.25, 0.3) is 5.91 Å². The van der Waals surface area contributed by atoms with Gasteiger partial charge >= 0.3 is 0 Å². The Kier molecular flexibility index (Phi) is 4.61. The van der Waals surface area contributed by atoms with E-state index in [1.807, 2.05) is 42.8 Å². The molecule has 0 fully saturated rings. The number of para-hydroxylation sites is 1. The van der Waals surface area contributed by atoms with E-state index in [4.69, 9.17) is 0 Å². The van der Waals surface area contributed by atoms with E-state index < -0.39 is 6.04 Å². The minimum absolute atomic E-state index is 0.265. The number of aromatic nitrogens is 3. The fraction of sp³-hybridized carbons (Fsp3) is 0.136. The van der Waals surface area contributed by atoms with Gasteiger partial charge in [-0.3, -0.25) is 9.78 Å². The van der Waals surface area contributed by atoms with Gasteiger partial charge in [-0.05, 0) is 36.8 Å². The zero-order valence-corrected chi connectivity index (χ0v) is 15.6. The standard InChI is InChI=1S/C22H19FN4O/c1-14-12-18(17-8-3-4-9-19(17)25-14)22(28)26-20(21-24-10-11-27(21)2)15-6-5-7-16(23)13-15/h3-13,20H,1-2H3,(H,26,28)/t20-/m0/s1. The molecule has 2 aromatic carbocycles. The third-order valence-corrected chi connectivity index (χ3v) is 4.66. The molecule has 140 valence electrons. The molecule has 0 saturated carbocycles. The molecule has 0 saturated heterocycles. The molecule has 2 heterocycles. The summed E-state index contributed by atoms with van der Waals surface area (Å²) in [6.45, 7) is 1.85. The number of benzene rings is 2. The van der Waals surface area contributed by atoms with Crippen LogP contribution >= 0.6 is 0 Å². The average molecular weight is 374 g/mol. The van der Waals surface area contributed by atoms with Crippen molar-refractivity contribution in [3.8, 4) is 0 Å². The van der Waals surface area contributed by atoms with Crippen LogP contribution in [-0.2, 0) is 7.05 Å². The topological polar surface area (TPSA) is 59.8 Å². The number of amides is 1. The maximum atomic E-state index is 13.8. The van der Waals surface area contributed by atoms with E-state index in [1.54, 1.807) is 30.6 Å². The van der Waals surface area contributed by atoms with E-state index in [9.17, 15) is 9.18 Å². The molecule has 0 aliphatic rings. The highest BCUT2D eigenvalue weighted by Crippen LogP contribution is 2.24. The number of halogens is 1. The summed E-state index contributed by atoms with van der Waals surface area (Å²) in [6.07, 6.45) is 3.44. The van der Waals surface area contributed by atoms with Crippen molar-refractivity contribution in [2.45, 2.75) is 13.0 Å². The highest BCUT2D eigenvalue weighted by molar-refractivity contribution is 6.06. The molecule has 4 aromatic rings. The normalized spacial score (nSPS) is 12.1. The van der Waals surface area contributed by atoms with Gasteiger partial charge in [-0.15, -0.1) is 0 Å². The van der Waals surface area contributed by atoms with E-state index in [2.05, 4.69) is 15.3 Å². The van der Waals surface area contributed by atoms with Gasteiger partial charge in [0.15, 0.2) is 0 Å². The van der Waals surface area contributed by atoms with E-state index in [0.717, 1.165) is 16.6 Å².